The summed E-state index contributed by atoms with van der Waals surface area (Å²) >= 11 is 0. The van der Waals surface area contributed by atoms with Crippen molar-refractivity contribution in [3.05, 3.63) is 110 Å². The largest absolute Gasteiger partial charge is 0.464 e. The Hall–Kier alpha value is -5.71. The third kappa shape index (κ3) is 9.14. The van der Waals surface area contributed by atoms with Crippen LogP contribution in [0.15, 0.2) is 75.3 Å². The molecule has 0 spiro atoms. The molecule has 0 unspecified atom stereocenters. The van der Waals surface area contributed by atoms with E-state index >= 15 is 8.78 Å². The lowest BCUT2D eigenvalue weighted by Crippen LogP contribution is -2.42. The molecule has 0 aliphatic carbocycles. The molecule has 0 bridgehead atoms. The Kier molecular flexibility index (Phi) is 11.8. The zero-order valence-electron chi connectivity index (χ0n) is 29.2. The van der Waals surface area contributed by atoms with Crippen molar-refractivity contribution in [2.75, 3.05) is 16.6 Å². The zero-order chi connectivity index (χ0) is 38.5. The van der Waals surface area contributed by atoms with E-state index in [1.807, 2.05) is 4.72 Å². The van der Waals surface area contributed by atoms with Gasteiger partial charge >= 0.3 is 11.7 Å². The maximum absolute atomic E-state index is 15.2. The van der Waals surface area contributed by atoms with Crippen LogP contribution in [0.1, 0.15) is 55.7 Å². The molecule has 2 aromatic carbocycles. The summed E-state index contributed by atoms with van der Waals surface area (Å²) in [7, 11) is -2.91. The van der Waals surface area contributed by atoms with Gasteiger partial charge in [0.1, 0.15) is 23.5 Å². The van der Waals surface area contributed by atoms with Crippen LogP contribution in [0.25, 0.3) is 5.82 Å². The number of carbonyl (C=O) groups is 3. The topological polar surface area (TPSA) is 188 Å². The third-order valence-electron chi connectivity index (χ3n) is 7.85. The minimum Gasteiger partial charge on any atom is -0.464 e. The van der Waals surface area contributed by atoms with E-state index in [0.717, 1.165) is 4.57 Å². The van der Waals surface area contributed by atoms with Crippen LogP contribution in [-0.4, -0.2) is 53.0 Å². The average molecular weight is 741 g/mol. The number of esters is 1. The van der Waals surface area contributed by atoms with Gasteiger partial charge in [-0.3, -0.25) is 19.1 Å². The molecule has 0 fully saturated rings. The summed E-state index contributed by atoms with van der Waals surface area (Å²) in [5.74, 6) is -4.79. The Morgan fingerprint density at radius 1 is 0.981 bits per heavy atom. The number of pyridine rings is 1. The van der Waals surface area contributed by atoms with Crippen LogP contribution in [0.5, 0.6) is 0 Å². The molecule has 0 radical (unpaired) electrons. The Bertz CT molecular complexity index is 2230. The van der Waals surface area contributed by atoms with Crippen molar-refractivity contribution in [1.82, 2.24) is 19.4 Å². The molecule has 0 saturated heterocycles. The van der Waals surface area contributed by atoms with Gasteiger partial charge < -0.3 is 19.9 Å². The summed E-state index contributed by atoms with van der Waals surface area (Å²) in [5, 5.41) is 4.99. The van der Waals surface area contributed by atoms with Crippen LogP contribution in [0, 0.1) is 24.0 Å². The van der Waals surface area contributed by atoms with Crippen LogP contribution in [0.4, 0.5) is 20.2 Å². The second-order valence-corrected chi connectivity index (χ2v) is 14.5. The van der Waals surface area contributed by atoms with E-state index in [0.29, 0.717) is 29.1 Å². The predicted octanol–water partition coefficient (Wildman–Crippen LogP) is 3.60. The Balaban J connectivity index is 1.47. The van der Waals surface area contributed by atoms with E-state index in [1.165, 1.54) is 54.2 Å². The van der Waals surface area contributed by atoms with Crippen molar-refractivity contribution in [3.8, 4) is 5.82 Å². The maximum atomic E-state index is 15.2. The number of anilines is 2. The molecule has 14 nitrogen and oxygen atoms in total. The molecule has 2 amide bonds. The molecule has 0 aliphatic heterocycles. The van der Waals surface area contributed by atoms with Crippen LogP contribution >= 0.6 is 0 Å². The maximum Gasteiger partial charge on any atom is 0.336 e. The first-order chi connectivity index (χ1) is 24.3. The van der Waals surface area contributed by atoms with E-state index in [4.69, 9.17) is 4.74 Å². The van der Waals surface area contributed by atoms with E-state index in [1.54, 1.807) is 40.7 Å². The smallest absolute Gasteiger partial charge is 0.336 e. The van der Waals surface area contributed by atoms with Gasteiger partial charge in [-0.25, -0.2) is 36.3 Å². The normalized spacial score (nSPS) is 12.2. The van der Waals surface area contributed by atoms with Gasteiger partial charge in [-0.15, -0.1) is 0 Å². The molecule has 2 heterocycles. The summed E-state index contributed by atoms with van der Waals surface area (Å²) in [5.41, 5.74) is -2.06. The number of amides is 2. The van der Waals surface area contributed by atoms with Crippen LogP contribution in [0.3, 0.4) is 0 Å². The van der Waals surface area contributed by atoms with Gasteiger partial charge in [-0.1, -0.05) is 26.8 Å². The first-order valence-corrected chi connectivity index (χ1v) is 17.5. The molecule has 17 heteroatoms. The SMILES string of the molecule is CCOC(=O)[C@H](CCc1ccc(-n2c(=O)cc(C)n(C)c2=O)nc1)NC(=O)c1cc(F)c(NS(=O)(=O)c2ccc(NC(=O)C(C)(C)C)cc2)cc1F. The Morgan fingerprint density at radius 2 is 1.65 bits per heavy atom. The van der Waals surface area contributed by atoms with E-state index in [2.05, 4.69) is 15.6 Å². The predicted molar refractivity (Wildman–Crippen MR) is 188 cm³/mol. The summed E-state index contributed by atoms with van der Waals surface area (Å²) in [4.78, 5) is 67.0. The zero-order valence-corrected chi connectivity index (χ0v) is 30.1. The third-order valence-corrected chi connectivity index (χ3v) is 9.23. The summed E-state index contributed by atoms with van der Waals surface area (Å²) in [6.45, 7) is 8.25. The highest BCUT2D eigenvalue weighted by atomic mass is 32.2. The fraction of sp³-hybridized carbons (Fsp3) is 0.314. The molecule has 276 valence electrons. The van der Waals surface area contributed by atoms with Gasteiger partial charge in [-0.2, -0.15) is 0 Å². The second-order valence-electron chi connectivity index (χ2n) is 12.8. The lowest BCUT2D eigenvalue weighted by atomic mass is 9.95. The summed E-state index contributed by atoms with van der Waals surface area (Å²) < 4.78 is 65.4. The van der Waals surface area contributed by atoms with Crippen molar-refractivity contribution in [2.24, 2.45) is 12.5 Å². The Labute approximate surface area is 297 Å². The number of halogens is 2. The fourth-order valence-corrected chi connectivity index (χ4v) is 5.78. The number of hydrogen-bond acceptors (Lipinski definition) is 9. The lowest BCUT2D eigenvalue weighted by molar-refractivity contribution is -0.145. The number of carbonyl (C=O) groups excluding carboxylic acids is 3. The van der Waals surface area contributed by atoms with Gasteiger partial charge in [0.25, 0.3) is 21.5 Å². The van der Waals surface area contributed by atoms with Crippen LogP contribution in [-0.2, 0) is 37.8 Å². The van der Waals surface area contributed by atoms with Crippen LogP contribution in [0.2, 0.25) is 0 Å². The van der Waals surface area contributed by atoms with Crippen molar-refractivity contribution >= 4 is 39.2 Å². The fourth-order valence-electron chi connectivity index (χ4n) is 4.72. The minimum absolute atomic E-state index is 0.0339. The van der Waals surface area contributed by atoms with Gasteiger partial charge in [0, 0.05) is 42.2 Å². The molecule has 4 aromatic rings. The number of benzene rings is 2. The van der Waals surface area contributed by atoms with Gasteiger partial charge in [-0.05, 0) is 68.7 Å². The minimum atomic E-state index is -4.43. The first-order valence-electron chi connectivity index (χ1n) is 16.0. The molecular weight excluding hydrogens is 702 g/mol. The van der Waals surface area contributed by atoms with Crippen molar-refractivity contribution in [2.45, 2.75) is 58.4 Å². The number of nitrogens with zero attached hydrogens (tertiary/aromatic N) is 3. The number of aromatic nitrogens is 3. The number of rotatable bonds is 12. The highest BCUT2D eigenvalue weighted by Gasteiger charge is 2.27. The molecule has 2 aromatic heterocycles. The molecule has 0 aliphatic rings. The van der Waals surface area contributed by atoms with Gasteiger partial charge in [0.15, 0.2) is 0 Å². The lowest BCUT2D eigenvalue weighted by Gasteiger charge is -2.18. The first kappa shape index (κ1) is 39.1. The van der Waals surface area contributed by atoms with E-state index in [9.17, 15) is 32.4 Å². The van der Waals surface area contributed by atoms with Crippen LogP contribution < -0.4 is 26.6 Å². The molecule has 1 atom stereocenters. The highest BCUT2D eigenvalue weighted by molar-refractivity contribution is 7.92. The van der Waals surface area contributed by atoms with Gasteiger partial charge in [0.05, 0.1) is 22.8 Å². The van der Waals surface area contributed by atoms with Crippen molar-refractivity contribution < 1.29 is 36.3 Å². The monoisotopic (exact) mass is 740 g/mol. The van der Waals surface area contributed by atoms with Gasteiger partial charge in [0.2, 0.25) is 5.91 Å². The van der Waals surface area contributed by atoms with Crippen molar-refractivity contribution in [3.63, 3.8) is 0 Å². The summed E-state index contributed by atoms with van der Waals surface area (Å²) in [6, 6.07) is 9.02. The van der Waals surface area contributed by atoms with E-state index in [-0.39, 0.29) is 36.1 Å². The number of nitrogens with one attached hydrogen (secondary N) is 3. The molecule has 0 saturated carbocycles. The molecule has 3 N–H and O–H groups in total. The molecule has 52 heavy (non-hydrogen) atoms. The Morgan fingerprint density at radius 3 is 2.25 bits per heavy atom. The highest BCUT2D eigenvalue weighted by Crippen LogP contribution is 2.25. The quantitative estimate of drug-likeness (QED) is 0.183. The second kappa shape index (κ2) is 15.7. The van der Waals surface area contributed by atoms with Crippen molar-refractivity contribution in [1.29, 1.82) is 0 Å². The average Bonchev–Trinajstić information content (AvgIpc) is 3.07. The number of ether oxygens (including phenoxy) is 1. The van der Waals surface area contributed by atoms with E-state index < -0.39 is 67.5 Å². The summed E-state index contributed by atoms with van der Waals surface area (Å²) in [6.07, 6.45) is 1.47. The number of hydrogen-bond donors (Lipinski definition) is 3. The number of sulfonamides is 1. The molecule has 4 rings (SSSR count). The standard InChI is InChI=1S/C35H38F2N6O8S/c1-7-51-32(46)27(14-8-21-9-15-29(38-19-21)43-30(44)16-20(2)42(6)34(43)48)40-31(45)24-17-26(37)28(18-25(24)36)41-52(49,50)23-12-10-22(11-13-23)39-33(47)35(3,4)5/h9-13,15-19,27,41H,7-8,14H2,1-6H3,(H,39,47)(H,40,45)/t27-/m0/s1. The number of aryl methyl sites for hydroxylation is 2. The molecular formula is C35H38F2N6O8S.